The zero-order chi connectivity index (χ0) is 16.6. The number of hydrogen-bond acceptors (Lipinski definition) is 2. The molecule has 1 atom stereocenters. The summed E-state index contributed by atoms with van der Waals surface area (Å²) in [5.41, 5.74) is -0.112. The van der Waals surface area contributed by atoms with E-state index in [0.29, 0.717) is 18.5 Å². The first kappa shape index (κ1) is 15.5. The van der Waals surface area contributed by atoms with Crippen LogP contribution in [0.2, 0.25) is 0 Å². The number of rotatable bonds is 3. The van der Waals surface area contributed by atoms with Crippen molar-refractivity contribution >= 4 is 22.6 Å². The van der Waals surface area contributed by atoms with Gasteiger partial charge in [-0.1, -0.05) is 30.3 Å². The molecule has 0 radical (unpaired) electrons. The van der Waals surface area contributed by atoms with E-state index in [0.717, 1.165) is 10.8 Å². The van der Waals surface area contributed by atoms with E-state index in [1.165, 1.54) is 0 Å². The summed E-state index contributed by atoms with van der Waals surface area (Å²) in [6.45, 7) is 6.31. The van der Waals surface area contributed by atoms with Gasteiger partial charge in [0.05, 0.1) is 0 Å². The van der Waals surface area contributed by atoms with Gasteiger partial charge < -0.3 is 10.2 Å². The molecule has 1 N–H and O–H groups in total. The Morgan fingerprint density at radius 1 is 1.13 bits per heavy atom. The predicted octanol–water partition coefficient (Wildman–Crippen LogP) is 2.97. The quantitative estimate of drug-likeness (QED) is 0.947. The highest BCUT2D eigenvalue weighted by Crippen LogP contribution is 2.32. The molecule has 4 heteroatoms. The molecule has 2 aromatic carbocycles. The van der Waals surface area contributed by atoms with Gasteiger partial charge in [0, 0.05) is 18.2 Å². The van der Waals surface area contributed by atoms with E-state index in [9.17, 15) is 9.59 Å². The summed E-state index contributed by atoms with van der Waals surface area (Å²) in [6.07, 6.45) is 0.699. The van der Waals surface area contributed by atoms with Crippen LogP contribution in [0.3, 0.4) is 0 Å². The van der Waals surface area contributed by atoms with E-state index >= 15 is 0 Å². The molecule has 1 fully saturated rings. The Balaban J connectivity index is 1.85. The summed E-state index contributed by atoms with van der Waals surface area (Å²) in [5.74, 6) is -0.156. The number of carbonyl (C=O) groups excluding carboxylic acids is 2. The Kier molecular flexibility index (Phi) is 3.84. The maximum atomic E-state index is 12.8. The second-order valence-corrected chi connectivity index (χ2v) is 6.67. The molecule has 2 aromatic rings. The molecule has 23 heavy (non-hydrogen) atoms. The van der Waals surface area contributed by atoms with E-state index < -0.39 is 5.54 Å². The molecule has 0 aromatic heterocycles. The van der Waals surface area contributed by atoms with Crippen LogP contribution in [-0.4, -0.2) is 34.8 Å². The lowest BCUT2D eigenvalue weighted by Gasteiger charge is -2.49. The molecule has 1 saturated heterocycles. The van der Waals surface area contributed by atoms with Crippen molar-refractivity contribution < 1.29 is 9.59 Å². The molecule has 2 amide bonds. The van der Waals surface area contributed by atoms with Gasteiger partial charge in [-0.2, -0.15) is 0 Å². The summed E-state index contributed by atoms with van der Waals surface area (Å²) < 4.78 is 0. The van der Waals surface area contributed by atoms with E-state index in [1.54, 1.807) is 4.90 Å². The molecule has 4 nitrogen and oxygen atoms in total. The van der Waals surface area contributed by atoms with Crippen LogP contribution < -0.4 is 5.32 Å². The van der Waals surface area contributed by atoms with Crippen molar-refractivity contribution in [2.75, 3.05) is 6.54 Å². The summed E-state index contributed by atoms with van der Waals surface area (Å²) in [6, 6.07) is 13.7. The molecule has 1 aliphatic rings. The molecule has 1 aliphatic heterocycles. The number of benzene rings is 2. The smallest absolute Gasteiger partial charge is 0.254 e. The first-order valence-electron chi connectivity index (χ1n) is 8.03. The van der Waals surface area contributed by atoms with Crippen LogP contribution >= 0.6 is 0 Å². The van der Waals surface area contributed by atoms with Crippen molar-refractivity contribution in [1.29, 1.82) is 0 Å². The van der Waals surface area contributed by atoms with Crippen molar-refractivity contribution in [3.8, 4) is 0 Å². The molecule has 0 spiro atoms. The molecule has 0 aliphatic carbocycles. The van der Waals surface area contributed by atoms with Crippen LogP contribution in [0, 0.1) is 0 Å². The Hall–Kier alpha value is -2.36. The Labute approximate surface area is 136 Å². The highest BCUT2D eigenvalue weighted by atomic mass is 16.2. The van der Waals surface area contributed by atoms with Gasteiger partial charge in [0.25, 0.3) is 5.91 Å². The van der Waals surface area contributed by atoms with Crippen LogP contribution in [0.4, 0.5) is 0 Å². The van der Waals surface area contributed by atoms with Gasteiger partial charge in [-0.3, -0.25) is 9.59 Å². The monoisotopic (exact) mass is 310 g/mol. The van der Waals surface area contributed by atoms with Crippen molar-refractivity contribution in [2.45, 2.75) is 38.8 Å². The van der Waals surface area contributed by atoms with Crippen molar-refractivity contribution in [2.24, 2.45) is 0 Å². The lowest BCUT2D eigenvalue weighted by atomic mass is 9.84. The predicted molar refractivity (Wildman–Crippen MR) is 91.3 cm³/mol. The van der Waals surface area contributed by atoms with E-state index in [1.807, 2.05) is 63.2 Å². The van der Waals surface area contributed by atoms with E-state index in [2.05, 4.69) is 5.32 Å². The van der Waals surface area contributed by atoms with Crippen LogP contribution in [0.25, 0.3) is 10.8 Å². The largest absolute Gasteiger partial charge is 0.352 e. The number of fused-ring (bicyclic) bond motifs is 1. The third kappa shape index (κ3) is 2.69. The highest BCUT2D eigenvalue weighted by Gasteiger charge is 2.49. The third-order valence-corrected chi connectivity index (χ3v) is 4.57. The van der Waals surface area contributed by atoms with Gasteiger partial charge >= 0.3 is 0 Å². The normalized spacial score (nSPS) is 20.4. The van der Waals surface area contributed by atoms with E-state index in [-0.39, 0.29) is 17.9 Å². The van der Waals surface area contributed by atoms with Crippen molar-refractivity contribution in [3.05, 3.63) is 48.0 Å². The summed E-state index contributed by atoms with van der Waals surface area (Å²) in [4.78, 5) is 26.9. The minimum atomic E-state index is -0.743. The molecule has 0 bridgehead atoms. The van der Waals surface area contributed by atoms with Gasteiger partial charge in [0.1, 0.15) is 5.54 Å². The SMILES string of the molecule is CC(C)NC(=O)C1(C)CCN1C(=O)c1ccc2ccccc2c1. The second-order valence-electron chi connectivity index (χ2n) is 6.67. The van der Waals surface area contributed by atoms with Crippen LogP contribution in [-0.2, 0) is 4.79 Å². The maximum absolute atomic E-state index is 12.8. The van der Waals surface area contributed by atoms with E-state index in [4.69, 9.17) is 0 Å². The van der Waals surface area contributed by atoms with Crippen molar-refractivity contribution in [1.82, 2.24) is 10.2 Å². The van der Waals surface area contributed by atoms with Crippen LogP contribution in [0.5, 0.6) is 0 Å². The maximum Gasteiger partial charge on any atom is 0.254 e. The first-order chi connectivity index (χ1) is 10.9. The average Bonchev–Trinajstić information content (AvgIpc) is 2.51. The third-order valence-electron chi connectivity index (χ3n) is 4.57. The number of nitrogens with zero attached hydrogens (tertiary/aromatic N) is 1. The zero-order valence-electron chi connectivity index (χ0n) is 13.8. The molecular weight excluding hydrogens is 288 g/mol. The van der Waals surface area contributed by atoms with Gasteiger partial charge in [-0.15, -0.1) is 0 Å². The Bertz CT molecular complexity index is 769. The van der Waals surface area contributed by atoms with Gasteiger partial charge in [-0.05, 0) is 50.1 Å². The van der Waals surface area contributed by atoms with Crippen LogP contribution in [0.1, 0.15) is 37.6 Å². The Morgan fingerprint density at radius 3 is 2.43 bits per heavy atom. The number of likely N-dealkylation sites (tertiary alicyclic amines) is 1. The fourth-order valence-corrected chi connectivity index (χ4v) is 3.02. The number of amides is 2. The number of hydrogen-bond donors (Lipinski definition) is 1. The minimum absolute atomic E-state index is 0.0672. The molecule has 1 unspecified atom stereocenters. The number of nitrogens with one attached hydrogen (secondary N) is 1. The second kappa shape index (κ2) is 5.69. The zero-order valence-corrected chi connectivity index (χ0v) is 13.8. The molecule has 3 rings (SSSR count). The molecular formula is C19H22N2O2. The van der Waals surface area contributed by atoms with Crippen molar-refractivity contribution in [3.63, 3.8) is 0 Å². The summed E-state index contributed by atoms with van der Waals surface area (Å²) >= 11 is 0. The van der Waals surface area contributed by atoms with Gasteiger partial charge in [0.2, 0.25) is 5.91 Å². The molecule has 1 heterocycles. The lowest BCUT2D eigenvalue weighted by molar-refractivity contribution is -0.138. The fourth-order valence-electron chi connectivity index (χ4n) is 3.02. The Morgan fingerprint density at radius 2 is 1.83 bits per heavy atom. The lowest BCUT2D eigenvalue weighted by Crippen LogP contribution is -2.67. The summed E-state index contributed by atoms with van der Waals surface area (Å²) in [5, 5.41) is 5.06. The molecule has 120 valence electrons. The topological polar surface area (TPSA) is 49.4 Å². The minimum Gasteiger partial charge on any atom is -0.352 e. The van der Waals surface area contributed by atoms with Gasteiger partial charge in [-0.25, -0.2) is 0 Å². The van der Waals surface area contributed by atoms with Crippen LogP contribution in [0.15, 0.2) is 42.5 Å². The standard InChI is InChI=1S/C19H22N2O2/c1-13(2)20-18(23)19(3)10-11-21(19)17(22)16-9-8-14-6-4-5-7-15(14)12-16/h4-9,12-13H,10-11H2,1-3H3,(H,20,23). The average molecular weight is 310 g/mol. The fraction of sp³-hybridized carbons (Fsp3) is 0.368. The summed E-state index contributed by atoms with van der Waals surface area (Å²) in [7, 11) is 0. The van der Waals surface area contributed by atoms with Gasteiger partial charge in [0.15, 0.2) is 0 Å². The highest BCUT2D eigenvalue weighted by molar-refractivity contribution is 6.02. The first-order valence-corrected chi connectivity index (χ1v) is 8.03. The number of carbonyl (C=O) groups is 2. The molecule has 0 saturated carbocycles.